The van der Waals surface area contributed by atoms with Gasteiger partial charge in [-0.2, -0.15) is 0 Å². The molecule has 0 bridgehead atoms. The number of pyridine rings is 1. The summed E-state index contributed by atoms with van der Waals surface area (Å²) in [5.41, 5.74) is -0.565. The largest absolute Gasteiger partial charge is 0.477 e. The van der Waals surface area contributed by atoms with Crippen LogP contribution in [0.15, 0.2) is 23.1 Å². The highest BCUT2D eigenvalue weighted by molar-refractivity contribution is 7.49. The van der Waals surface area contributed by atoms with Crippen molar-refractivity contribution in [3.8, 4) is 0 Å². The first-order chi connectivity index (χ1) is 12.6. The fourth-order valence-electron chi connectivity index (χ4n) is 3.25. The van der Waals surface area contributed by atoms with E-state index in [9.17, 15) is 33.4 Å². The molecule has 146 valence electrons. The highest BCUT2D eigenvalue weighted by Crippen LogP contribution is 2.40. The van der Waals surface area contributed by atoms with Crippen molar-refractivity contribution in [2.75, 3.05) is 31.1 Å². The fourth-order valence-corrected chi connectivity index (χ4v) is 3.95. The molecule has 11 heteroatoms. The summed E-state index contributed by atoms with van der Waals surface area (Å²) in [6.45, 7) is 2.71. The first-order valence-electron chi connectivity index (χ1n) is 8.29. The van der Waals surface area contributed by atoms with E-state index in [1.807, 2.05) is 0 Å². The Morgan fingerprint density at radius 3 is 2.37 bits per heavy atom. The van der Waals surface area contributed by atoms with Gasteiger partial charge in [0.05, 0.1) is 11.2 Å². The number of hydrogen-bond acceptors (Lipinski definition) is 4. The quantitative estimate of drug-likeness (QED) is 0.653. The van der Waals surface area contributed by atoms with Crippen molar-refractivity contribution in [1.82, 2.24) is 9.24 Å². The van der Waals surface area contributed by atoms with Gasteiger partial charge in [0.2, 0.25) is 5.43 Å². The van der Waals surface area contributed by atoms with Crippen LogP contribution < -0.4 is 10.3 Å². The molecule has 27 heavy (non-hydrogen) atoms. The Hall–Kier alpha value is -2.26. The Balaban J connectivity index is 2.05. The van der Waals surface area contributed by atoms with Gasteiger partial charge in [-0.05, 0) is 19.1 Å². The average Bonchev–Trinajstić information content (AvgIpc) is 2.61. The summed E-state index contributed by atoms with van der Waals surface area (Å²) in [5, 5.41) is 9.16. The second-order valence-electron chi connectivity index (χ2n) is 6.24. The topological polar surface area (TPSA) is 123 Å². The molecule has 2 heterocycles. The number of carboxylic acid groups (broad SMARTS) is 1. The Morgan fingerprint density at radius 1 is 1.22 bits per heavy atom. The Bertz CT molecular complexity index is 1010. The smallest absolute Gasteiger partial charge is 0.403 e. The molecule has 0 spiro atoms. The maximum atomic E-state index is 14.7. The van der Waals surface area contributed by atoms with E-state index in [2.05, 4.69) is 0 Å². The van der Waals surface area contributed by atoms with Crippen LogP contribution in [0.1, 0.15) is 17.3 Å². The minimum atomic E-state index is -4.33. The third kappa shape index (κ3) is 3.61. The Morgan fingerprint density at radius 2 is 1.85 bits per heavy atom. The molecule has 0 saturated carbocycles. The van der Waals surface area contributed by atoms with Crippen molar-refractivity contribution in [2.45, 2.75) is 13.5 Å². The lowest BCUT2D eigenvalue weighted by Gasteiger charge is -2.36. The molecule has 0 unspecified atom stereocenters. The van der Waals surface area contributed by atoms with E-state index in [0.29, 0.717) is 12.1 Å². The summed E-state index contributed by atoms with van der Waals surface area (Å²) in [7, 11) is -4.33. The van der Waals surface area contributed by atoms with Gasteiger partial charge in [0, 0.05) is 44.3 Å². The zero-order chi connectivity index (χ0) is 19.9. The molecule has 0 aliphatic carbocycles. The van der Waals surface area contributed by atoms with E-state index in [1.54, 1.807) is 16.4 Å². The first kappa shape index (κ1) is 19.5. The van der Waals surface area contributed by atoms with Crippen LogP contribution in [0.25, 0.3) is 10.9 Å². The van der Waals surface area contributed by atoms with E-state index >= 15 is 0 Å². The third-order valence-corrected chi connectivity index (χ3v) is 5.82. The molecule has 1 aliphatic heterocycles. The van der Waals surface area contributed by atoms with Crippen molar-refractivity contribution >= 4 is 30.3 Å². The van der Waals surface area contributed by atoms with Gasteiger partial charge in [0.25, 0.3) is 0 Å². The van der Waals surface area contributed by atoms with E-state index in [1.165, 1.54) is 12.3 Å². The monoisotopic (exact) mass is 399 g/mol. The van der Waals surface area contributed by atoms with Crippen molar-refractivity contribution < 1.29 is 28.6 Å². The number of piperazine rings is 1. The lowest BCUT2D eigenvalue weighted by Crippen LogP contribution is -2.45. The van der Waals surface area contributed by atoms with Crippen molar-refractivity contribution in [3.63, 3.8) is 0 Å². The zero-order valence-electron chi connectivity index (χ0n) is 14.5. The summed E-state index contributed by atoms with van der Waals surface area (Å²) in [6.07, 6.45) is 1.24. The number of carbonyl (C=O) groups is 1. The number of carboxylic acids is 1. The summed E-state index contributed by atoms with van der Waals surface area (Å²) in [6, 6.07) is 2.51. The average molecular weight is 399 g/mol. The molecule has 3 rings (SSSR count). The molecule has 1 aromatic carbocycles. The van der Waals surface area contributed by atoms with Gasteiger partial charge in [-0.1, -0.05) is 0 Å². The first-order valence-corrected chi connectivity index (χ1v) is 9.86. The molecule has 1 fully saturated rings. The van der Waals surface area contributed by atoms with Crippen LogP contribution in [0.5, 0.6) is 0 Å². The third-order valence-electron chi connectivity index (χ3n) is 4.69. The summed E-state index contributed by atoms with van der Waals surface area (Å²) >= 11 is 0. The van der Waals surface area contributed by atoms with Crippen molar-refractivity contribution in [2.24, 2.45) is 0 Å². The summed E-state index contributed by atoms with van der Waals surface area (Å²) < 4.78 is 28.6. The minimum Gasteiger partial charge on any atom is -0.477 e. The van der Waals surface area contributed by atoms with Gasteiger partial charge in [-0.3, -0.25) is 4.79 Å². The molecule has 2 aromatic rings. The van der Waals surface area contributed by atoms with Crippen LogP contribution >= 0.6 is 7.75 Å². The highest BCUT2D eigenvalue weighted by atomic mass is 31.2. The number of hydrogen-bond donors (Lipinski definition) is 3. The lowest BCUT2D eigenvalue weighted by molar-refractivity contribution is 0.0694. The van der Waals surface area contributed by atoms with Crippen LogP contribution in [-0.4, -0.2) is 56.3 Å². The molecule has 1 aliphatic rings. The van der Waals surface area contributed by atoms with Gasteiger partial charge >= 0.3 is 13.7 Å². The summed E-state index contributed by atoms with van der Waals surface area (Å²) in [5.74, 6) is -2.06. The highest BCUT2D eigenvalue weighted by Gasteiger charge is 2.30. The van der Waals surface area contributed by atoms with E-state index in [4.69, 9.17) is 0 Å². The SMILES string of the molecule is CCn1cc(C(=O)O)c(=O)c2cc(F)c(N3CCN(P(=O)(O)O)CC3)cc21. The van der Waals surface area contributed by atoms with Crippen LogP contribution in [-0.2, 0) is 11.1 Å². The zero-order valence-corrected chi connectivity index (χ0v) is 15.4. The molecule has 9 nitrogen and oxygen atoms in total. The fraction of sp³-hybridized carbons (Fsp3) is 0.375. The predicted molar refractivity (Wildman–Crippen MR) is 96.6 cm³/mol. The van der Waals surface area contributed by atoms with Crippen molar-refractivity contribution in [3.05, 3.63) is 39.9 Å². The van der Waals surface area contributed by atoms with Gasteiger partial charge < -0.3 is 24.4 Å². The molecule has 0 amide bonds. The molecule has 0 radical (unpaired) electrons. The number of anilines is 1. The minimum absolute atomic E-state index is 0.0214. The Labute approximate surface area is 153 Å². The number of aryl methyl sites for hydroxylation is 1. The lowest BCUT2D eigenvalue weighted by atomic mass is 10.1. The van der Waals surface area contributed by atoms with Crippen LogP contribution in [0, 0.1) is 5.82 Å². The number of rotatable bonds is 4. The molecular weight excluding hydrogens is 380 g/mol. The van der Waals surface area contributed by atoms with Crippen LogP contribution in [0.3, 0.4) is 0 Å². The molecule has 0 atom stereocenters. The molecule has 1 aromatic heterocycles. The van der Waals surface area contributed by atoms with Crippen molar-refractivity contribution in [1.29, 1.82) is 0 Å². The van der Waals surface area contributed by atoms with Gasteiger partial charge in [0.1, 0.15) is 11.4 Å². The number of aromatic nitrogens is 1. The molecule has 1 saturated heterocycles. The molecule has 3 N–H and O–H groups in total. The van der Waals surface area contributed by atoms with E-state index in [-0.39, 0.29) is 37.3 Å². The standard InChI is InChI=1S/C16H19FN3O6P/c1-2-18-9-11(16(22)23)15(21)10-7-12(17)14(8-13(10)18)19-3-5-20(6-4-19)27(24,25)26/h7-9H,2-6H2,1H3,(H,22,23)(H2,24,25,26). The second kappa shape index (κ2) is 7.05. The maximum Gasteiger partial charge on any atom is 0.403 e. The second-order valence-corrected chi connectivity index (χ2v) is 7.83. The summed E-state index contributed by atoms with van der Waals surface area (Å²) in [4.78, 5) is 43.7. The van der Waals surface area contributed by atoms with Gasteiger partial charge in [-0.15, -0.1) is 0 Å². The number of benzene rings is 1. The van der Waals surface area contributed by atoms with E-state index in [0.717, 1.165) is 10.7 Å². The number of fused-ring (bicyclic) bond motifs is 1. The number of nitrogens with zero attached hydrogens (tertiary/aromatic N) is 3. The van der Waals surface area contributed by atoms with Crippen LogP contribution in [0.4, 0.5) is 10.1 Å². The molecular formula is C16H19FN3O6P. The number of aromatic carboxylic acids is 1. The van der Waals surface area contributed by atoms with Gasteiger partial charge in [-0.25, -0.2) is 18.4 Å². The van der Waals surface area contributed by atoms with Gasteiger partial charge in [0.15, 0.2) is 0 Å². The maximum absolute atomic E-state index is 14.7. The number of halogens is 1. The van der Waals surface area contributed by atoms with E-state index < -0.39 is 30.5 Å². The van der Waals surface area contributed by atoms with Crippen LogP contribution in [0.2, 0.25) is 0 Å². The Kier molecular flexibility index (Phi) is 5.09. The normalized spacial score (nSPS) is 16.1. The predicted octanol–water partition coefficient (Wildman–Crippen LogP) is 1.07.